The van der Waals surface area contributed by atoms with Crippen molar-refractivity contribution in [3.63, 3.8) is 0 Å². The van der Waals surface area contributed by atoms with Crippen molar-refractivity contribution in [3.8, 4) is 11.5 Å². The van der Waals surface area contributed by atoms with Crippen LogP contribution in [0.15, 0.2) is 54.6 Å². The molecule has 0 fully saturated rings. The number of nitrogens with one attached hydrogen (secondary N) is 2. The highest BCUT2D eigenvalue weighted by Gasteiger charge is 2.04. The monoisotopic (exact) mass is 384 g/mol. The molecule has 6 nitrogen and oxygen atoms in total. The Morgan fingerprint density at radius 2 is 1.78 bits per heavy atom. The molecule has 0 spiro atoms. The Hall–Kier alpha value is -2.99. The molecule has 3 aromatic rings. The molecule has 2 aromatic carbocycles. The summed E-state index contributed by atoms with van der Waals surface area (Å²) in [5, 5.41) is 7.07. The maximum absolute atomic E-state index is 6.01. The fourth-order valence-corrected chi connectivity index (χ4v) is 2.62. The second-order valence-corrected chi connectivity index (χ2v) is 6.24. The van der Waals surface area contributed by atoms with Gasteiger partial charge >= 0.3 is 0 Å². The van der Waals surface area contributed by atoms with Crippen molar-refractivity contribution in [1.29, 1.82) is 0 Å². The summed E-state index contributed by atoms with van der Waals surface area (Å²) in [5.74, 6) is 2.83. The second-order valence-electron chi connectivity index (χ2n) is 5.80. The number of ether oxygens (including phenoxy) is 2. The summed E-state index contributed by atoms with van der Waals surface area (Å²) in [6, 6.07) is 16.8. The van der Waals surface area contributed by atoms with Crippen molar-refractivity contribution in [1.82, 2.24) is 9.97 Å². The molecule has 0 saturated carbocycles. The van der Waals surface area contributed by atoms with Crippen molar-refractivity contribution in [2.24, 2.45) is 0 Å². The molecule has 1 aromatic heterocycles. The van der Waals surface area contributed by atoms with Crippen LogP contribution in [0.5, 0.6) is 11.5 Å². The van der Waals surface area contributed by atoms with Crippen LogP contribution < -0.4 is 20.1 Å². The largest absolute Gasteiger partial charge is 0.497 e. The average molecular weight is 385 g/mol. The van der Waals surface area contributed by atoms with Gasteiger partial charge in [-0.05, 0) is 49.4 Å². The molecule has 1 heterocycles. The van der Waals surface area contributed by atoms with E-state index in [0.29, 0.717) is 24.1 Å². The lowest BCUT2D eigenvalue weighted by atomic mass is 10.3. The SMILES string of the molecule is COc1ccc(OCCNc2cc(C)nc(Nc3cccc(Cl)c3)n2)cc1. The Labute approximate surface area is 163 Å². The molecule has 140 valence electrons. The van der Waals surface area contributed by atoms with E-state index in [2.05, 4.69) is 20.6 Å². The van der Waals surface area contributed by atoms with Crippen molar-refractivity contribution in [2.75, 3.05) is 30.9 Å². The number of aryl methyl sites for hydroxylation is 1. The number of aromatic nitrogens is 2. The van der Waals surface area contributed by atoms with Gasteiger partial charge in [0.2, 0.25) is 5.95 Å². The van der Waals surface area contributed by atoms with Crippen LogP contribution in [0.2, 0.25) is 5.02 Å². The molecule has 0 saturated heterocycles. The van der Waals surface area contributed by atoms with E-state index in [1.54, 1.807) is 7.11 Å². The minimum Gasteiger partial charge on any atom is -0.497 e. The van der Waals surface area contributed by atoms with Crippen molar-refractivity contribution in [2.45, 2.75) is 6.92 Å². The first-order valence-electron chi connectivity index (χ1n) is 8.51. The Morgan fingerprint density at radius 3 is 2.52 bits per heavy atom. The lowest BCUT2D eigenvalue weighted by molar-refractivity contribution is 0.331. The first-order chi connectivity index (χ1) is 13.1. The Bertz CT molecular complexity index is 887. The van der Waals surface area contributed by atoms with Gasteiger partial charge in [-0.3, -0.25) is 0 Å². The van der Waals surface area contributed by atoms with Crippen molar-refractivity contribution < 1.29 is 9.47 Å². The number of hydrogen-bond donors (Lipinski definition) is 2. The topological polar surface area (TPSA) is 68.3 Å². The van der Waals surface area contributed by atoms with E-state index in [9.17, 15) is 0 Å². The third-order valence-electron chi connectivity index (χ3n) is 3.67. The molecule has 7 heteroatoms. The standard InChI is InChI=1S/C20H21ClN4O2/c1-14-12-19(22-10-11-27-18-8-6-17(26-2)7-9-18)25-20(23-14)24-16-5-3-4-15(21)13-16/h3-9,12-13H,10-11H2,1-2H3,(H2,22,23,24,25). The van der Waals surface area contributed by atoms with Crippen LogP contribution in [-0.4, -0.2) is 30.2 Å². The molecular weight excluding hydrogens is 364 g/mol. The van der Waals surface area contributed by atoms with Gasteiger partial charge in [-0.1, -0.05) is 17.7 Å². The van der Waals surface area contributed by atoms with Gasteiger partial charge in [0.05, 0.1) is 13.7 Å². The molecule has 2 N–H and O–H groups in total. The van der Waals surface area contributed by atoms with Gasteiger partial charge in [0.25, 0.3) is 0 Å². The van der Waals surface area contributed by atoms with E-state index in [1.165, 1.54) is 0 Å². The predicted molar refractivity (Wildman–Crippen MR) is 108 cm³/mol. The van der Waals surface area contributed by atoms with Crippen LogP contribution >= 0.6 is 11.6 Å². The molecule has 0 bridgehead atoms. The quantitative estimate of drug-likeness (QED) is 0.549. The average Bonchev–Trinajstić information content (AvgIpc) is 2.65. The highest BCUT2D eigenvalue weighted by Crippen LogP contribution is 2.20. The second kappa shape index (κ2) is 9.09. The van der Waals surface area contributed by atoms with Crippen LogP contribution in [0, 0.1) is 6.92 Å². The lowest BCUT2D eigenvalue weighted by Gasteiger charge is -2.11. The minimum atomic E-state index is 0.506. The number of hydrogen-bond acceptors (Lipinski definition) is 6. The zero-order valence-corrected chi connectivity index (χ0v) is 16.0. The number of halogens is 1. The van der Waals surface area contributed by atoms with E-state index in [4.69, 9.17) is 21.1 Å². The third-order valence-corrected chi connectivity index (χ3v) is 3.91. The van der Waals surface area contributed by atoms with E-state index in [1.807, 2.05) is 61.5 Å². The van der Waals surface area contributed by atoms with Crippen LogP contribution in [0.25, 0.3) is 0 Å². The molecule has 0 atom stereocenters. The third kappa shape index (κ3) is 5.76. The first-order valence-corrected chi connectivity index (χ1v) is 8.89. The van der Waals surface area contributed by atoms with E-state index >= 15 is 0 Å². The maximum Gasteiger partial charge on any atom is 0.229 e. The number of rotatable bonds is 8. The normalized spacial score (nSPS) is 10.3. The fourth-order valence-electron chi connectivity index (χ4n) is 2.43. The summed E-state index contributed by atoms with van der Waals surface area (Å²) in [7, 11) is 1.64. The predicted octanol–water partition coefficient (Wildman–Crippen LogP) is 4.68. The highest BCUT2D eigenvalue weighted by molar-refractivity contribution is 6.30. The molecule has 0 aliphatic rings. The summed E-state index contributed by atoms with van der Waals surface area (Å²) in [5.41, 5.74) is 1.69. The first kappa shape index (κ1) is 18.8. The summed E-state index contributed by atoms with van der Waals surface area (Å²) >= 11 is 6.01. The van der Waals surface area contributed by atoms with Crippen LogP contribution in [-0.2, 0) is 0 Å². The van der Waals surface area contributed by atoms with Gasteiger partial charge in [-0.2, -0.15) is 4.98 Å². The molecule has 0 amide bonds. The number of methoxy groups -OCH3 is 1. The van der Waals surface area contributed by atoms with E-state index in [0.717, 1.165) is 28.7 Å². The van der Waals surface area contributed by atoms with Gasteiger partial charge in [-0.25, -0.2) is 4.98 Å². The summed E-state index contributed by atoms with van der Waals surface area (Å²) in [6.07, 6.45) is 0. The van der Waals surface area contributed by atoms with Gasteiger partial charge in [0, 0.05) is 22.5 Å². The van der Waals surface area contributed by atoms with Crippen molar-refractivity contribution in [3.05, 3.63) is 65.3 Å². The number of anilines is 3. The molecule has 0 radical (unpaired) electrons. The van der Waals surface area contributed by atoms with E-state index in [-0.39, 0.29) is 0 Å². The lowest BCUT2D eigenvalue weighted by Crippen LogP contribution is -2.13. The maximum atomic E-state index is 6.01. The molecule has 0 unspecified atom stereocenters. The number of benzene rings is 2. The molecule has 3 rings (SSSR count). The summed E-state index contributed by atoms with van der Waals surface area (Å²) < 4.78 is 10.8. The van der Waals surface area contributed by atoms with E-state index < -0.39 is 0 Å². The minimum absolute atomic E-state index is 0.506. The Kier molecular flexibility index (Phi) is 6.33. The molecule has 27 heavy (non-hydrogen) atoms. The Morgan fingerprint density at radius 1 is 1.00 bits per heavy atom. The summed E-state index contributed by atoms with van der Waals surface area (Å²) in [4.78, 5) is 8.88. The van der Waals surface area contributed by atoms with Gasteiger partial charge in [0.15, 0.2) is 0 Å². The molecule has 0 aliphatic carbocycles. The number of nitrogens with zero attached hydrogens (tertiary/aromatic N) is 2. The zero-order chi connectivity index (χ0) is 19.1. The fraction of sp³-hybridized carbons (Fsp3) is 0.200. The zero-order valence-electron chi connectivity index (χ0n) is 15.2. The smallest absolute Gasteiger partial charge is 0.229 e. The van der Waals surface area contributed by atoms with Gasteiger partial charge < -0.3 is 20.1 Å². The van der Waals surface area contributed by atoms with Gasteiger partial charge in [0.1, 0.15) is 23.9 Å². The highest BCUT2D eigenvalue weighted by atomic mass is 35.5. The Balaban J connectivity index is 1.54. The summed E-state index contributed by atoms with van der Waals surface area (Å²) in [6.45, 7) is 3.04. The van der Waals surface area contributed by atoms with Crippen LogP contribution in [0.1, 0.15) is 5.69 Å². The van der Waals surface area contributed by atoms with Crippen LogP contribution in [0.3, 0.4) is 0 Å². The van der Waals surface area contributed by atoms with Crippen LogP contribution in [0.4, 0.5) is 17.5 Å². The molecular formula is C20H21ClN4O2. The molecule has 0 aliphatic heterocycles. The van der Waals surface area contributed by atoms with Gasteiger partial charge in [-0.15, -0.1) is 0 Å². The van der Waals surface area contributed by atoms with Crippen molar-refractivity contribution >= 4 is 29.1 Å².